The Labute approximate surface area is 76.8 Å². The van der Waals surface area contributed by atoms with Crippen LogP contribution in [0.4, 0.5) is 5.69 Å². The Kier molecular flexibility index (Phi) is 2.29. The third kappa shape index (κ3) is 1.25. The maximum absolute atomic E-state index is 5.68. The van der Waals surface area contributed by atoms with Crippen molar-refractivity contribution < 1.29 is 4.42 Å². The molecule has 2 nitrogen and oxygen atoms in total. The van der Waals surface area contributed by atoms with Crippen molar-refractivity contribution in [2.75, 3.05) is 5.73 Å². The first kappa shape index (κ1) is 8.94. The Hall–Kier alpha value is -1.15. The molecule has 2 rings (SSSR count). The molecule has 0 aliphatic carbocycles. The van der Waals surface area contributed by atoms with Crippen LogP contribution in [0, 0.1) is 6.92 Å². The fourth-order valence-electron chi connectivity index (χ4n) is 1.21. The van der Waals surface area contributed by atoms with Gasteiger partial charge < -0.3 is 10.2 Å². The van der Waals surface area contributed by atoms with Gasteiger partial charge in [0.05, 0.1) is 5.69 Å². The predicted molar refractivity (Wildman–Crippen MR) is 52.6 cm³/mol. The predicted octanol–water partition coefficient (Wildman–Crippen LogP) is 2.75. The van der Waals surface area contributed by atoms with E-state index in [9.17, 15) is 0 Å². The van der Waals surface area contributed by atoms with Crippen LogP contribution in [-0.4, -0.2) is 0 Å². The number of furan rings is 1. The van der Waals surface area contributed by atoms with Gasteiger partial charge in [0.15, 0.2) is 5.58 Å². The van der Waals surface area contributed by atoms with Gasteiger partial charge in [-0.2, -0.15) is 0 Å². The van der Waals surface area contributed by atoms with Crippen LogP contribution in [0.2, 0.25) is 0 Å². The Morgan fingerprint density at radius 1 is 1.33 bits per heavy atom. The topological polar surface area (TPSA) is 39.2 Å². The summed E-state index contributed by atoms with van der Waals surface area (Å²) in [7, 11) is 0. The monoisotopic (exact) mass is 183 g/mol. The van der Waals surface area contributed by atoms with E-state index in [1.165, 1.54) is 0 Å². The van der Waals surface area contributed by atoms with Gasteiger partial charge in [-0.15, -0.1) is 12.4 Å². The first-order chi connectivity index (χ1) is 5.27. The molecule has 0 atom stereocenters. The number of anilines is 1. The summed E-state index contributed by atoms with van der Waals surface area (Å²) in [6.45, 7) is 1.92. The number of benzene rings is 1. The molecule has 0 bridgehead atoms. The van der Waals surface area contributed by atoms with Crippen molar-refractivity contribution >= 4 is 29.1 Å². The van der Waals surface area contributed by atoms with Crippen molar-refractivity contribution in [3.05, 3.63) is 30.0 Å². The smallest absolute Gasteiger partial charge is 0.157 e. The van der Waals surface area contributed by atoms with Crippen LogP contribution in [0.25, 0.3) is 11.0 Å². The number of fused-ring (bicyclic) bond motifs is 1. The van der Waals surface area contributed by atoms with Gasteiger partial charge in [0.25, 0.3) is 0 Å². The molecule has 3 heteroatoms. The molecule has 0 fully saturated rings. The van der Waals surface area contributed by atoms with E-state index in [2.05, 4.69) is 0 Å². The number of para-hydroxylation sites is 1. The second kappa shape index (κ2) is 3.07. The highest BCUT2D eigenvalue weighted by Gasteiger charge is 2.01. The summed E-state index contributed by atoms with van der Waals surface area (Å²) in [5.41, 5.74) is 7.18. The number of hydrogen-bond donors (Lipinski definition) is 1. The zero-order valence-electron chi connectivity index (χ0n) is 6.70. The number of nitrogen functional groups attached to an aromatic ring is 1. The Balaban J connectivity index is 0.000000720. The summed E-state index contributed by atoms with van der Waals surface area (Å²) in [6.07, 6.45) is 0. The number of halogens is 1. The second-order valence-corrected chi connectivity index (χ2v) is 2.62. The average molecular weight is 184 g/mol. The maximum Gasteiger partial charge on any atom is 0.157 e. The maximum atomic E-state index is 5.68. The van der Waals surface area contributed by atoms with Crippen molar-refractivity contribution in [3.63, 3.8) is 0 Å². The molecule has 12 heavy (non-hydrogen) atoms. The lowest BCUT2D eigenvalue weighted by atomic mass is 10.2. The fourth-order valence-corrected chi connectivity index (χ4v) is 1.21. The van der Waals surface area contributed by atoms with Gasteiger partial charge in [0, 0.05) is 5.39 Å². The summed E-state index contributed by atoms with van der Waals surface area (Å²) in [6, 6.07) is 7.73. The zero-order valence-corrected chi connectivity index (χ0v) is 7.52. The molecule has 0 saturated carbocycles. The molecule has 1 aromatic heterocycles. The molecule has 2 N–H and O–H groups in total. The first-order valence-corrected chi connectivity index (χ1v) is 3.52. The van der Waals surface area contributed by atoms with Crippen molar-refractivity contribution in [3.8, 4) is 0 Å². The summed E-state index contributed by atoms with van der Waals surface area (Å²) in [5, 5.41) is 1.07. The van der Waals surface area contributed by atoms with Crippen LogP contribution in [0.15, 0.2) is 28.7 Å². The van der Waals surface area contributed by atoms with Crippen LogP contribution in [-0.2, 0) is 0 Å². The van der Waals surface area contributed by atoms with Crippen molar-refractivity contribution in [2.24, 2.45) is 0 Å². The summed E-state index contributed by atoms with van der Waals surface area (Å²) < 4.78 is 5.37. The van der Waals surface area contributed by atoms with Crippen LogP contribution >= 0.6 is 12.4 Å². The molecule has 0 unspecified atom stereocenters. The lowest BCUT2D eigenvalue weighted by molar-refractivity contribution is 0.580. The summed E-state index contributed by atoms with van der Waals surface area (Å²) in [4.78, 5) is 0. The molecule has 64 valence electrons. The molecule has 0 aliphatic heterocycles. The quantitative estimate of drug-likeness (QED) is 0.638. The van der Waals surface area contributed by atoms with Crippen LogP contribution in [0.3, 0.4) is 0 Å². The van der Waals surface area contributed by atoms with E-state index >= 15 is 0 Å². The van der Waals surface area contributed by atoms with E-state index in [4.69, 9.17) is 10.2 Å². The zero-order chi connectivity index (χ0) is 7.84. The fraction of sp³-hybridized carbons (Fsp3) is 0.111. The van der Waals surface area contributed by atoms with Crippen molar-refractivity contribution in [1.82, 2.24) is 0 Å². The van der Waals surface area contributed by atoms with Gasteiger partial charge in [0.1, 0.15) is 5.76 Å². The van der Waals surface area contributed by atoms with Gasteiger partial charge in [-0.3, -0.25) is 0 Å². The van der Waals surface area contributed by atoms with Gasteiger partial charge in [-0.05, 0) is 19.1 Å². The van der Waals surface area contributed by atoms with E-state index in [-0.39, 0.29) is 12.4 Å². The molecule has 0 spiro atoms. The Bertz CT molecular complexity index is 394. The van der Waals surface area contributed by atoms with Gasteiger partial charge >= 0.3 is 0 Å². The number of aryl methyl sites for hydroxylation is 1. The van der Waals surface area contributed by atoms with Crippen LogP contribution in [0.5, 0.6) is 0 Å². The third-order valence-electron chi connectivity index (χ3n) is 1.70. The Morgan fingerprint density at radius 3 is 2.75 bits per heavy atom. The number of rotatable bonds is 0. The van der Waals surface area contributed by atoms with E-state index in [1.54, 1.807) is 0 Å². The lowest BCUT2D eigenvalue weighted by Gasteiger charge is -1.91. The number of nitrogens with two attached hydrogens (primary N) is 1. The first-order valence-electron chi connectivity index (χ1n) is 3.52. The molecule has 0 amide bonds. The lowest BCUT2D eigenvalue weighted by Crippen LogP contribution is -1.82. The Morgan fingerprint density at radius 2 is 2.08 bits per heavy atom. The summed E-state index contributed by atoms with van der Waals surface area (Å²) in [5.74, 6) is 0.901. The minimum Gasteiger partial charge on any atom is -0.459 e. The van der Waals surface area contributed by atoms with Crippen LogP contribution in [0.1, 0.15) is 5.76 Å². The van der Waals surface area contributed by atoms with E-state index in [0.717, 1.165) is 16.7 Å². The van der Waals surface area contributed by atoms with Gasteiger partial charge in [0.2, 0.25) is 0 Å². The van der Waals surface area contributed by atoms with Crippen molar-refractivity contribution in [2.45, 2.75) is 6.92 Å². The standard InChI is InChI=1S/C9H9NO.ClH/c1-6-5-7-3-2-4-8(10)9(7)11-6;/h2-5H,10H2,1H3;1H. The largest absolute Gasteiger partial charge is 0.459 e. The van der Waals surface area contributed by atoms with Crippen molar-refractivity contribution in [1.29, 1.82) is 0 Å². The minimum absolute atomic E-state index is 0. The van der Waals surface area contributed by atoms with E-state index in [0.29, 0.717) is 5.69 Å². The number of hydrogen-bond acceptors (Lipinski definition) is 2. The minimum atomic E-state index is 0. The SMILES string of the molecule is Cc1cc2cccc(N)c2o1.Cl. The molecule has 1 aromatic carbocycles. The molecular weight excluding hydrogens is 174 g/mol. The average Bonchev–Trinajstić information content (AvgIpc) is 2.31. The highest BCUT2D eigenvalue weighted by atomic mass is 35.5. The van der Waals surface area contributed by atoms with Gasteiger partial charge in [-0.1, -0.05) is 12.1 Å². The molecule has 1 heterocycles. The second-order valence-electron chi connectivity index (χ2n) is 2.62. The molecule has 0 saturated heterocycles. The third-order valence-corrected chi connectivity index (χ3v) is 1.70. The molecule has 0 aliphatic rings. The molecular formula is C9H10ClNO. The normalized spacial score (nSPS) is 9.75. The summed E-state index contributed by atoms with van der Waals surface area (Å²) >= 11 is 0. The van der Waals surface area contributed by atoms with Crippen LogP contribution < -0.4 is 5.73 Å². The molecule has 2 aromatic rings. The molecule has 0 radical (unpaired) electrons. The highest BCUT2D eigenvalue weighted by molar-refractivity contribution is 5.88. The van der Waals surface area contributed by atoms with E-state index < -0.39 is 0 Å². The van der Waals surface area contributed by atoms with E-state index in [1.807, 2.05) is 31.2 Å². The highest BCUT2D eigenvalue weighted by Crippen LogP contribution is 2.23. The van der Waals surface area contributed by atoms with Gasteiger partial charge in [-0.25, -0.2) is 0 Å².